The monoisotopic (exact) mass is 304 g/mol. The molecule has 3 rings (SSSR count). The molecule has 120 valence electrons. The average molecular weight is 304 g/mol. The molecule has 1 aromatic rings. The Morgan fingerprint density at radius 3 is 2.64 bits per heavy atom. The Balaban J connectivity index is 1.73. The number of carbonyl (C=O) groups excluding carboxylic acids is 1. The lowest BCUT2D eigenvalue weighted by molar-refractivity contribution is -0.133. The van der Waals surface area contributed by atoms with Crippen molar-refractivity contribution in [1.29, 1.82) is 0 Å². The van der Waals surface area contributed by atoms with Crippen LogP contribution in [0.25, 0.3) is 0 Å². The van der Waals surface area contributed by atoms with Gasteiger partial charge in [-0.15, -0.1) is 0 Å². The summed E-state index contributed by atoms with van der Waals surface area (Å²) >= 11 is 0. The lowest BCUT2D eigenvalue weighted by atomic mass is 10.1. The Kier molecular flexibility index (Phi) is 4.57. The lowest BCUT2D eigenvalue weighted by Crippen LogP contribution is -2.48. The van der Waals surface area contributed by atoms with E-state index >= 15 is 0 Å². The second-order valence-electron chi connectivity index (χ2n) is 6.36. The van der Waals surface area contributed by atoms with Crippen molar-refractivity contribution >= 4 is 5.91 Å². The van der Waals surface area contributed by atoms with Crippen LogP contribution in [0.5, 0.6) is 0 Å². The van der Waals surface area contributed by atoms with E-state index in [2.05, 4.69) is 17.0 Å². The third-order valence-corrected chi connectivity index (χ3v) is 4.66. The number of carbonyl (C=O) groups is 1. The molecule has 1 aliphatic heterocycles. The van der Waals surface area contributed by atoms with Gasteiger partial charge in [0.25, 0.3) is 5.56 Å². The fraction of sp³-hybridized carbons (Fsp3) is 0.688. The standard InChI is InChI=1S/C16H24N4O2/c1-18-7-9-19(10-8-18)16(22)12-20-15(21)11-13-5-3-2-4-6-14(13)17-20/h11H,2-10,12H2,1H3. The largest absolute Gasteiger partial charge is 0.339 e. The van der Waals surface area contributed by atoms with E-state index in [1.165, 1.54) is 11.1 Å². The number of hydrogen-bond donors (Lipinski definition) is 0. The molecule has 1 saturated heterocycles. The van der Waals surface area contributed by atoms with Gasteiger partial charge >= 0.3 is 0 Å². The highest BCUT2D eigenvalue weighted by Crippen LogP contribution is 2.16. The van der Waals surface area contributed by atoms with Gasteiger partial charge in [0.05, 0.1) is 5.69 Å². The second-order valence-corrected chi connectivity index (χ2v) is 6.36. The molecule has 0 unspecified atom stereocenters. The first-order valence-corrected chi connectivity index (χ1v) is 8.20. The molecular weight excluding hydrogens is 280 g/mol. The number of likely N-dealkylation sites (N-methyl/N-ethyl adjacent to an activating group) is 1. The van der Waals surface area contributed by atoms with Crippen molar-refractivity contribution in [3.8, 4) is 0 Å². The van der Waals surface area contributed by atoms with Gasteiger partial charge in [0.1, 0.15) is 6.54 Å². The Bertz CT molecular complexity index is 603. The number of aromatic nitrogens is 2. The van der Waals surface area contributed by atoms with Gasteiger partial charge in [-0.2, -0.15) is 5.10 Å². The minimum Gasteiger partial charge on any atom is -0.339 e. The third-order valence-electron chi connectivity index (χ3n) is 4.66. The smallest absolute Gasteiger partial charge is 0.267 e. The predicted molar refractivity (Wildman–Crippen MR) is 83.8 cm³/mol. The predicted octanol–water partition coefficient (Wildman–Crippen LogP) is 0.286. The van der Waals surface area contributed by atoms with Crippen LogP contribution in [0.3, 0.4) is 0 Å². The van der Waals surface area contributed by atoms with E-state index < -0.39 is 0 Å². The molecule has 2 aliphatic rings. The summed E-state index contributed by atoms with van der Waals surface area (Å²) < 4.78 is 1.35. The van der Waals surface area contributed by atoms with Crippen LogP contribution in [0.4, 0.5) is 0 Å². The number of piperazine rings is 1. The Hall–Kier alpha value is -1.69. The molecule has 22 heavy (non-hydrogen) atoms. The maximum atomic E-state index is 12.4. The Morgan fingerprint density at radius 1 is 1.14 bits per heavy atom. The summed E-state index contributed by atoms with van der Waals surface area (Å²) in [5.74, 6) is -0.00345. The fourth-order valence-corrected chi connectivity index (χ4v) is 3.18. The quantitative estimate of drug-likeness (QED) is 0.737. The number of rotatable bonds is 2. The zero-order valence-corrected chi connectivity index (χ0v) is 13.3. The summed E-state index contributed by atoms with van der Waals surface area (Å²) in [5.41, 5.74) is 1.93. The van der Waals surface area contributed by atoms with E-state index in [9.17, 15) is 9.59 Å². The van der Waals surface area contributed by atoms with Crippen molar-refractivity contribution < 1.29 is 4.79 Å². The molecular formula is C16H24N4O2. The fourth-order valence-electron chi connectivity index (χ4n) is 3.18. The van der Waals surface area contributed by atoms with Crippen molar-refractivity contribution in [2.45, 2.75) is 38.6 Å². The first-order valence-electron chi connectivity index (χ1n) is 8.20. The van der Waals surface area contributed by atoms with Crippen LogP contribution in [0, 0.1) is 0 Å². The van der Waals surface area contributed by atoms with E-state index in [1.54, 1.807) is 6.07 Å². The number of amides is 1. The molecule has 2 heterocycles. The molecule has 0 bridgehead atoms. The van der Waals surface area contributed by atoms with Crippen LogP contribution < -0.4 is 5.56 Å². The first-order chi connectivity index (χ1) is 10.6. The highest BCUT2D eigenvalue weighted by atomic mass is 16.2. The van der Waals surface area contributed by atoms with E-state index in [4.69, 9.17) is 0 Å². The molecule has 0 N–H and O–H groups in total. The van der Waals surface area contributed by atoms with Crippen LogP contribution in [-0.4, -0.2) is 58.7 Å². The summed E-state index contributed by atoms with van der Waals surface area (Å²) in [6, 6.07) is 1.69. The lowest BCUT2D eigenvalue weighted by Gasteiger charge is -2.32. The maximum absolute atomic E-state index is 12.4. The molecule has 6 nitrogen and oxygen atoms in total. The van der Waals surface area contributed by atoms with Gasteiger partial charge in [-0.1, -0.05) is 6.42 Å². The van der Waals surface area contributed by atoms with Crippen LogP contribution in [0.1, 0.15) is 30.5 Å². The summed E-state index contributed by atoms with van der Waals surface area (Å²) in [6.45, 7) is 3.30. The minimum atomic E-state index is -0.150. The van der Waals surface area contributed by atoms with Crippen molar-refractivity contribution in [3.63, 3.8) is 0 Å². The Morgan fingerprint density at radius 2 is 1.86 bits per heavy atom. The molecule has 0 aromatic carbocycles. The molecule has 1 aliphatic carbocycles. The first kappa shape index (κ1) is 15.2. The summed E-state index contributed by atoms with van der Waals surface area (Å²) in [4.78, 5) is 28.6. The number of fused-ring (bicyclic) bond motifs is 1. The molecule has 6 heteroatoms. The highest BCUT2D eigenvalue weighted by Gasteiger charge is 2.20. The highest BCUT2D eigenvalue weighted by molar-refractivity contribution is 5.76. The summed E-state index contributed by atoms with van der Waals surface area (Å²) in [5, 5.41) is 4.47. The SMILES string of the molecule is CN1CCN(C(=O)Cn2nc3c(cc2=O)CCCCC3)CC1. The van der Waals surface area contributed by atoms with Crippen LogP contribution in [0.2, 0.25) is 0 Å². The van der Waals surface area contributed by atoms with Gasteiger partial charge in [-0.05, 0) is 38.3 Å². The molecule has 0 spiro atoms. The van der Waals surface area contributed by atoms with Crippen LogP contribution in [0.15, 0.2) is 10.9 Å². The summed E-state index contributed by atoms with van der Waals surface area (Å²) in [7, 11) is 2.06. The zero-order chi connectivity index (χ0) is 15.5. The number of hydrogen-bond acceptors (Lipinski definition) is 4. The third kappa shape index (κ3) is 3.38. The van der Waals surface area contributed by atoms with E-state index in [1.807, 2.05) is 4.90 Å². The van der Waals surface area contributed by atoms with Crippen molar-refractivity contribution in [1.82, 2.24) is 19.6 Å². The molecule has 1 aromatic heterocycles. The van der Waals surface area contributed by atoms with Gasteiger partial charge in [0.2, 0.25) is 5.91 Å². The van der Waals surface area contributed by atoms with E-state index in [0.717, 1.165) is 63.1 Å². The number of nitrogens with zero attached hydrogens (tertiary/aromatic N) is 4. The van der Waals surface area contributed by atoms with Gasteiger partial charge < -0.3 is 9.80 Å². The van der Waals surface area contributed by atoms with Gasteiger partial charge in [0.15, 0.2) is 0 Å². The van der Waals surface area contributed by atoms with Crippen molar-refractivity contribution in [2.24, 2.45) is 0 Å². The van der Waals surface area contributed by atoms with Gasteiger partial charge in [-0.3, -0.25) is 9.59 Å². The van der Waals surface area contributed by atoms with Crippen LogP contribution in [-0.2, 0) is 24.2 Å². The Labute approximate surface area is 130 Å². The molecule has 0 atom stereocenters. The topological polar surface area (TPSA) is 58.4 Å². The zero-order valence-electron chi connectivity index (χ0n) is 13.3. The maximum Gasteiger partial charge on any atom is 0.267 e. The van der Waals surface area contributed by atoms with E-state index in [-0.39, 0.29) is 18.0 Å². The molecule has 1 amide bonds. The average Bonchev–Trinajstić information content (AvgIpc) is 2.73. The van der Waals surface area contributed by atoms with Crippen molar-refractivity contribution in [3.05, 3.63) is 27.7 Å². The van der Waals surface area contributed by atoms with Gasteiger partial charge in [-0.25, -0.2) is 4.68 Å². The normalized spacial score (nSPS) is 19.6. The molecule has 0 saturated carbocycles. The minimum absolute atomic E-state index is 0.00345. The molecule has 0 radical (unpaired) electrons. The van der Waals surface area contributed by atoms with Gasteiger partial charge in [0, 0.05) is 32.2 Å². The second kappa shape index (κ2) is 6.60. The van der Waals surface area contributed by atoms with E-state index in [0.29, 0.717) is 0 Å². The van der Waals surface area contributed by atoms with Crippen LogP contribution >= 0.6 is 0 Å². The summed E-state index contributed by atoms with van der Waals surface area (Å²) in [6.07, 6.45) is 5.27. The van der Waals surface area contributed by atoms with Crippen molar-refractivity contribution in [2.75, 3.05) is 33.2 Å². The number of aryl methyl sites for hydroxylation is 2. The molecule has 1 fully saturated rings.